The Hall–Kier alpha value is -1.37. The molecule has 1 unspecified atom stereocenters. The lowest BCUT2D eigenvalue weighted by Crippen LogP contribution is -2.26. The number of carbonyl (C=O) groups excluding carboxylic acids is 1. The highest BCUT2D eigenvalue weighted by molar-refractivity contribution is 7.84. The van der Waals surface area contributed by atoms with Crippen LogP contribution in [0, 0.1) is 0 Å². The van der Waals surface area contributed by atoms with Gasteiger partial charge < -0.3 is 11.1 Å². The van der Waals surface area contributed by atoms with E-state index in [-0.39, 0.29) is 11.6 Å². The standard InChI is InChI=1S/C11H20N4O2S/c1-3-5-8-9(12)10(15-14-8)11(16)13-6-4-7-18(2)17/h3-7,12H2,1-2H3,(H,13,16)(H,14,15). The van der Waals surface area contributed by atoms with Crippen molar-refractivity contribution in [2.24, 2.45) is 0 Å². The molecule has 4 N–H and O–H groups in total. The summed E-state index contributed by atoms with van der Waals surface area (Å²) in [5.74, 6) is 0.296. The molecule has 6 nitrogen and oxygen atoms in total. The van der Waals surface area contributed by atoms with Crippen LogP contribution >= 0.6 is 0 Å². The maximum Gasteiger partial charge on any atom is 0.273 e. The van der Waals surface area contributed by atoms with Crippen molar-refractivity contribution in [2.75, 3.05) is 24.3 Å². The number of amides is 1. The van der Waals surface area contributed by atoms with Gasteiger partial charge in [0.1, 0.15) is 0 Å². The molecule has 1 amide bonds. The van der Waals surface area contributed by atoms with Crippen LogP contribution in [0.15, 0.2) is 0 Å². The van der Waals surface area contributed by atoms with Crippen molar-refractivity contribution in [1.29, 1.82) is 0 Å². The molecule has 0 aliphatic heterocycles. The van der Waals surface area contributed by atoms with Gasteiger partial charge in [-0.15, -0.1) is 0 Å². The lowest BCUT2D eigenvalue weighted by molar-refractivity contribution is 0.0949. The zero-order chi connectivity index (χ0) is 13.5. The molecule has 1 heterocycles. The normalized spacial score (nSPS) is 12.3. The van der Waals surface area contributed by atoms with E-state index in [9.17, 15) is 9.00 Å². The molecule has 102 valence electrons. The van der Waals surface area contributed by atoms with Crippen molar-refractivity contribution in [3.05, 3.63) is 11.4 Å². The summed E-state index contributed by atoms with van der Waals surface area (Å²) in [6.07, 6.45) is 4.04. The average Bonchev–Trinajstić information content (AvgIpc) is 2.67. The molecule has 1 atom stereocenters. The molecule has 0 radical (unpaired) electrons. The van der Waals surface area contributed by atoms with Crippen LogP contribution in [0.2, 0.25) is 0 Å². The number of nitrogen functional groups attached to an aromatic ring is 1. The summed E-state index contributed by atoms with van der Waals surface area (Å²) >= 11 is 0. The van der Waals surface area contributed by atoms with Gasteiger partial charge >= 0.3 is 0 Å². The van der Waals surface area contributed by atoms with Gasteiger partial charge in [-0.3, -0.25) is 14.1 Å². The molecular formula is C11H20N4O2S. The highest BCUT2D eigenvalue weighted by Crippen LogP contribution is 2.15. The van der Waals surface area contributed by atoms with Crippen molar-refractivity contribution >= 4 is 22.4 Å². The zero-order valence-electron chi connectivity index (χ0n) is 10.8. The summed E-state index contributed by atoms with van der Waals surface area (Å²) in [6, 6.07) is 0. The van der Waals surface area contributed by atoms with E-state index in [0.717, 1.165) is 18.5 Å². The molecule has 7 heteroatoms. The number of H-pyrrole nitrogens is 1. The Bertz CT molecular complexity index is 431. The predicted molar refractivity (Wildman–Crippen MR) is 72.9 cm³/mol. The second-order valence-electron chi connectivity index (χ2n) is 4.10. The van der Waals surface area contributed by atoms with Crippen LogP contribution in [0.5, 0.6) is 0 Å². The number of aromatic amines is 1. The zero-order valence-corrected chi connectivity index (χ0v) is 11.6. The molecular weight excluding hydrogens is 252 g/mol. The van der Waals surface area contributed by atoms with E-state index in [2.05, 4.69) is 15.5 Å². The minimum atomic E-state index is -0.826. The number of nitrogens with two attached hydrogens (primary N) is 1. The van der Waals surface area contributed by atoms with E-state index in [1.165, 1.54) is 0 Å². The van der Waals surface area contributed by atoms with Crippen LogP contribution in [0.25, 0.3) is 0 Å². The predicted octanol–water partition coefficient (Wildman–Crippen LogP) is 0.443. The molecule has 18 heavy (non-hydrogen) atoms. The first-order valence-corrected chi connectivity index (χ1v) is 7.69. The Kier molecular flexibility index (Phi) is 5.84. The highest BCUT2D eigenvalue weighted by Gasteiger charge is 2.16. The summed E-state index contributed by atoms with van der Waals surface area (Å²) in [5, 5.41) is 9.42. The van der Waals surface area contributed by atoms with Gasteiger partial charge in [-0.1, -0.05) is 13.3 Å². The monoisotopic (exact) mass is 272 g/mol. The molecule has 0 fully saturated rings. The van der Waals surface area contributed by atoms with Crippen molar-refractivity contribution in [3.63, 3.8) is 0 Å². The molecule has 0 aromatic carbocycles. The first kappa shape index (κ1) is 14.7. The van der Waals surface area contributed by atoms with Crippen molar-refractivity contribution < 1.29 is 9.00 Å². The second kappa shape index (κ2) is 7.15. The summed E-state index contributed by atoms with van der Waals surface area (Å²) < 4.78 is 10.8. The van der Waals surface area contributed by atoms with Crippen LogP contribution in [0.4, 0.5) is 5.69 Å². The minimum absolute atomic E-state index is 0.246. The summed E-state index contributed by atoms with van der Waals surface area (Å²) in [4.78, 5) is 11.8. The Morgan fingerprint density at radius 1 is 1.56 bits per heavy atom. The maximum absolute atomic E-state index is 11.8. The van der Waals surface area contributed by atoms with E-state index in [1.54, 1.807) is 6.26 Å². The SMILES string of the molecule is CCCc1[nH]nc(C(=O)NCCCS(C)=O)c1N. The third-order valence-electron chi connectivity index (χ3n) is 2.49. The average molecular weight is 272 g/mol. The van der Waals surface area contributed by atoms with E-state index in [1.807, 2.05) is 6.92 Å². The van der Waals surface area contributed by atoms with Crippen molar-refractivity contribution in [2.45, 2.75) is 26.2 Å². The van der Waals surface area contributed by atoms with Gasteiger partial charge in [0.2, 0.25) is 0 Å². The van der Waals surface area contributed by atoms with Crippen LogP contribution in [-0.2, 0) is 17.2 Å². The molecule has 0 aliphatic carbocycles. The number of aryl methyl sites for hydroxylation is 1. The lowest BCUT2D eigenvalue weighted by Gasteiger charge is -2.03. The molecule has 1 aromatic heterocycles. The van der Waals surface area contributed by atoms with Gasteiger partial charge in [0.15, 0.2) is 5.69 Å². The minimum Gasteiger partial charge on any atom is -0.395 e. The Morgan fingerprint density at radius 2 is 2.28 bits per heavy atom. The van der Waals surface area contributed by atoms with E-state index < -0.39 is 10.8 Å². The molecule has 1 rings (SSSR count). The first-order chi connectivity index (χ1) is 8.56. The van der Waals surface area contributed by atoms with Crippen molar-refractivity contribution in [1.82, 2.24) is 15.5 Å². The first-order valence-electron chi connectivity index (χ1n) is 5.97. The fourth-order valence-electron chi connectivity index (χ4n) is 1.56. The topological polar surface area (TPSA) is 101 Å². The molecule has 1 aromatic rings. The molecule has 0 bridgehead atoms. The third kappa shape index (κ3) is 4.14. The number of aromatic nitrogens is 2. The molecule has 0 saturated heterocycles. The van der Waals surface area contributed by atoms with Gasteiger partial charge in [0.05, 0.1) is 11.4 Å². The van der Waals surface area contributed by atoms with Gasteiger partial charge in [0, 0.05) is 29.4 Å². The summed E-state index contributed by atoms with van der Waals surface area (Å²) in [6.45, 7) is 2.51. The largest absolute Gasteiger partial charge is 0.395 e. The number of hydrogen-bond donors (Lipinski definition) is 3. The summed E-state index contributed by atoms with van der Waals surface area (Å²) in [5.41, 5.74) is 7.31. The fraction of sp³-hybridized carbons (Fsp3) is 0.636. The highest BCUT2D eigenvalue weighted by atomic mass is 32.2. The van der Waals surface area contributed by atoms with Crippen LogP contribution in [-0.4, -0.2) is 38.9 Å². The number of anilines is 1. The van der Waals surface area contributed by atoms with E-state index in [4.69, 9.17) is 5.73 Å². The van der Waals surface area contributed by atoms with Crippen molar-refractivity contribution in [3.8, 4) is 0 Å². The van der Waals surface area contributed by atoms with Crippen LogP contribution in [0.3, 0.4) is 0 Å². The lowest BCUT2D eigenvalue weighted by atomic mass is 10.2. The molecule has 0 aliphatic rings. The van der Waals surface area contributed by atoms with Crippen LogP contribution in [0.1, 0.15) is 35.9 Å². The van der Waals surface area contributed by atoms with Gasteiger partial charge in [0.25, 0.3) is 5.91 Å². The Labute approximate surface area is 109 Å². The number of nitrogens with zero attached hydrogens (tertiary/aromatic N) is 1. The molecule has 0 spiro atoms. The summed E-state index contributed by atoms with van der Waals surface area (Å²) in [7, 11) is -0.826. The molecule has 0 saturated carbocycles. The number of carbonyl (C=O) groups is 1. The Balaban J connectivity index is 2.49. The fourth-order valence-corrected chi connectivity index (χ4v) is 2.11. The number of rotatable bonds is 7. The van der Waals surface area contributed by atoms with E-state index in [0.29, 0.717) is 24.4 Å². The van der Waals surface area contributed by atoms with Gasteiger partial charge in [-0.25, -0.2) is 0 Å². The second-order valence-corrected chi connectivity index (χ2v) is 5.66. The van der Waals surface area contributed by atoms with Gasteiger partial charge in [-0.2, -0.15) is 5.10 Å². The number of hydrogen-bond acceptors (Lipinski definition) is 4. The van der Waals surface area contributed by atoms with Gasteiger partial charge in [-0.05, 0) is 12.8 Å². The van der Waals surface area contributed by atoms with E-state index >= 15 is 0 Å². The maximum atomic E-state index is 11.8. The van der Waals surface area contributed by atoms with Crippen LogP contribution < -0.4 is 11.1 Å². The number of nitrogens with one attached hydrogen (secondary N) is 2. The Morgan fingerprint density at radius 3 is 2.89 bits per heavy atom. The quantitative estimate of drug-likeness (QED) is 0.627. The smallest absolute Gasteiger partial charge is 0.273 e. The third-order valence-corrected chi connectivity index (χ3v) is 3.36.